The summed E-state index contributed by atoms with van der Waals surface area (Å²) >= 11 is 1.99. The molecule has 0 bridgehead atoms. The van der Waals surface area contributed by atoms with Gasteiger partial charge in [-0.3, -0.25) is 0 Å². The van der Waals surface area contributed by atoms with Crippen LogP contribution in [0.25, 0.3) is 0 Å². The highest BCUT2D eigenvalue weighted by molar-refractivity contribution is 7.11. The zero-order valence-electron chi connectivity index (χ0n) is 11.8. The molecule has 0 aliphatic carbocycles. The van der Waals surface area contributed by atoms with Crippen LogP contribution in [0.4, 0.5) is 0 Å². The van der Waals surface area contributed by atoms with Crippen molar-refractivity contribution < 1.29 is 0 Å². The Bertz CT molecular complexity index is 304. The molecule has 2 heteroatoms. The summed E-state index contributed by atoms with van der Waals surface area (Å²) in [5.41, 5.74) is 0. The molecule has 1 aromatic rings. The van der Waals surface area contributed by atoms with Gasteiger partial charge >= 0.3 is 0 Å². The number of rotatable bonds is 8. The molecule has 1 nitrogen and oxygen atoms in total. The van der Waals surface area contributed by atoms with E-state index in [1.165, 1.54) is 24.1 Å². The van der Waals surface area contributed by atoms with Gasteiger partial charge in [0.1, 0.15) is 0 Å². The van der Waals surface area contributed by atoms with Gasteiger partial charge in [-0.2, -0.15) is 0 Å². The van der Waals surface area contributed by atoms with E-state index in [0.29, 0.717) is 0 Å². The van der Waals surface area contributed by atoms with Crippen molar-refractivity contribution in [2.75, 3.05) is 13.1 Å². The van der Waals surface area contributed by atoms with Gasteiger partial charge in [-0.1, -0.05) is 27.7 Å². The predicted molar refractivity (Wildman–Crippen MR) is 78.9 cm³/mol. The fourth-order valence-electron chi connectivity index (χ4n) is 2.26. The number of aryl methyl sites for hydroxylation is 1. The molecule has 1 atom stereocenters. The van der Waals surface area contributed by atoms with Crippen LogP contribution in [0.2, 0.25) is 0 Å². The Balaban J connectivity index is 2.51. The largest absolute Gasteiger partial charge is 0.317 e. The van der Waals surface area contributed by atoms with E-state index >= 15 is 0 Å². The third-order valence-corrected chi connectivity index (χ3v) is 4.30. The molecule has 0 saturated heterocycles. The molecule has 98 valence electrons. The Morgan fingerprint density at radius 2 is 1.88 bits per heavy atom. The summed E-state index contributed by atoms with van der Waals surface area (Å²) in [6, 6.07) is 4.61. The zero-order valence-corrected chi connectivity index (χ0v) is 12.6. The Kier molecular flexibility index (Phi) is 6.83. The minimum absolute atomic E-state index is 0.790. The maximum absolute atomic E-state index is 3.50. The molecule has 1 unspecified atom stereocenters. The molecular weight excluding hydrogens is 226 g/mol. The monoisotopic (exact) mass is 253 g/mol. The summed E-state index contributed by atoms with van der Waals surface area (Å²) in [4.78, 5) is 3.08. The van der Waals surface area contributed by atoms with Crippen LogP contribution in [0.1, 0.15) is 43.9 Å². The molecule has 1 aromatic heterocycles. The van der Waals surface area contributed by atoms with Crippen molar-refractivity contribution in [3.63, 3.8) is 0 Å². The van der Waals surface area contributed by atoms with Gasteiger partial charge in [-0.15, -0.1) is 11.3 Å². The summed E-state index contributed by atoms with van der Waals surface area (Å²) in [5.74, 6) is 1.59. The molecule has 0 aliphatic rings. The molecule has 1 heterocycles. The van der Waals surface area contributed by atoms with Crippen molar-refractivity contribution in [3.05, 3.63) is 21.9 Å². The van der Waals surface area contributed by atoms with Crippen molar-refractivity contribution >= 4 is 11.3 Å². The molecule has 1 rings (SSSR count). The lowest BCUT2D eigenvalue weighted by molar-refractivity contribution is 0.390. The molecule has 17 heavy (non-hydrogen) atoms. The van der Waals surface area contributed by atoms with Crippen LogP contribution >= 0.6 is 11.3 Å². The minimum atomic E-state index is 0.790. The average molecular weight is 253 g/mol. The maximum atomic E-state index is 3.50. The van der Waals surface area contributed by atoms with Crippen LogP contribution in [0.3, 0.4) is 0 Å². The van der Waals surface area contributed by atoms with E-state index in [1.807, 2.05) is 11.3 Å². The Hall–Kier alpha value is -0.340. The third-order valence-electron chi connectivity index (χ3n) is 3.04. The van der Waals surface area contributed by atoms with Crippen molar-refractivity contribution in [2.24, 2.45) is 11.8 Å². The predicted octanol–water partition coefficient (Wildman–Crippen LogP) is 4.12. The maximum Gasteiger partial charge on any atom is 0.00514 e. The van der Waals surface area contributed by atoms with Gasteiger partial charge in [0, 0.05) is 9.75 Å². The molecule has 0 fully saturated rings. The fraction of sp³-hybridized carbons (Fsp3) is 0.733. The first-order chi connectivity index (χ1) is 8.15. The highest BCUT2D eigenvalue weighted by Gasteiger charge is 2.12. The van der Waals surface area contributed by atoms with E-state index in [-0.39, 0.29) is 0 Å². The summed E-state index contributed by atoms with van der Waals surface area (Å²) in [6.07, 6.45) is 3.74. The molecule has 0 saturated carbocycles. The highest BCUT2D eigenvalue weighted by Crippen LogP contribution is 2.23. The Labute approximate surface area is 111 Å². The van der Waals surface area contributed by atoms with Crippen molar-refractivity contribution in [2.45, 2.75) is 47.0 Å². The van der Waals surface area contributed by atoms with E-state index in [1.54, 1.807) is 4.88 Å². The summed E-state index contributed by atoms with van der Waals surface area (Å²) < 4.78 is 0. The topological polar surface area (TPSA) is 12.0 Å². The SMILES string of the molecule is CCNCC(Cc1ccc(CC)s1)CC(C)C. The number of thiophene rings is 1. The average Bonchev–Trinajstić information content (AvgIpc) is 2.73. The van der Waals surface area contributed by atoms with Crippen molar-refractivity contribution in [1.29, 1.82) is 0 Å². The number of nitrogens with one attached hydrogen (secondary N) is 1. The Morgan fingerprint density at radius 1 is 1.18 bits per heavy atom. The zero-order chi connectivity index (χ0) is 12.7. The van der Waals surface area contributed by atoms with Gasteiger partial charge in [0.05, 0.1) is 0 Å². The van der Waals surface area contributed by atoms with E-state index in [2.05, 4.69) is 45.1 Å². The fourth-order valence-corrected chi connectivity index (χ4v) is 3.33. The van der Waals surface area contributed by atoms with Gasteiger partial charge in [0.25, 0.3) is 0 Å². The molecule has 0 amide bonds. The van der Waals surface area contributed by atoms with Crippen LogP contribution in [0.5, 0.6) is 0 Å². The molecule has 0 aliphatic heterocycles. The summed E-state index contributed by atoms with van der Waals surface area (Å²) in [5, 5.41) is 3.50. The summed E-state index contributed by atoms with van der Waals surface area (Å²) in [6.45, 7) is 11.3. The number of hydrogen-bond donors (Lipinski definition) is 1. The van der Waals surface area contributed by atoms with Crippen LogP contribution in [0.15, 0.2) is 12.1 Å². The smallest absolute Gasteiger partial charge is 0.00514 e. The lowest BCUT2D eigenvalue weighted by Gasteiger charge is -2.18. The second-order valence-electron chi connectivity index (χ2n) is 5.23. The first kappa shape index (κ1) is 14.7. The standard InChI is InChI=1S/C15H27NS/c1-5-14-7-8-15(17-14)10-13(9-12(3)4)11-16-6-2/h7-8,12-13,16H,5-6,9-11H2,1-4H3. The molecule has 0 aromatic carbocycles. The minimum Gasteiger partial charge on any atom is -0.317 e. The highest BCUT2D eigenvalue weighted by atomic mass is 32.1. The first-order valence-corrected chi connectivity index (χ1v) is 7.75. The molecule has 0 spiro atoms. The van der Waals surface area contributed by atoms with E-state index in [0.717, 1.165) is 24.9 Å². The van der Waals surface area contributed by atoms with Gasteiger partial charge < -0.3 is 5.32 Å². The lowest BCUT2D eigenvalue weighted by atomic mass is 9.93. The third kappa shape index (κ3) is 5.69. The van der Waals surface area contributed by atoms with Gasteiger partial charge in [-0.25, -0.2) is 0 Å². The van der Waals surface area contributed by atoms with Gasteiger partial charge in [0.2, 0.25) is 0 Å². The quantitative estimate of drug-likeness (QED) is 0.734. The lowest BCUT2D eigenvalue weighted by Crippen LogP contribution is -2.25. The van der Waals surface area contributed by atoms with Crippen LogP contribution < -0.4 is 5.32 Å². The second kappa shape index (κ2) is 7.88. The molecule has 0 radical (unpaired) electrons. The summed E-state index contributed by atoms with van der Waals surface area (Å²) in [7, 11) is 0. The van der Waals surface area contributed by atoms with Gasteiger partial charge in [0.15, 0.2) is 0 Å². The molecular formula is C15H27NS. The normalized spacial score (nSPS) is 13.2. The van der Waals surface area contributed by atoms with E-state index in [9.17, 15) is 0 Å². The van der Waals surface area contributed by atoms with Crippen molar-refractivity contribution in [1.82, 2.24) is 5.32 Å². The van der Waals surface area contributed by atoms with E-state index in [4.69, 9.17) is 0 Å². The van der Waals surface area contributed by atoms with Crippen LogP contribution in [-0.4, -0.2) is 13.1 Å². The first-order valence-electron chi connectivity index (χ1n) is 6.94. The van der Waals surface area contributed by atoms with Crippen LogP contribution in [0, 0.1) is 11.8 Å². The Morgan fingerprint density at radius 3 is 2.41 bits per heavy atom. The van der Waals surface area contributed by atoms with Gasteiger partial charge in [-0.05, 0) is 56.3 Å². The van der Waals surface area contributed by atoms with Crippen LogP contribution in [-0.2, 0) is 12.8 Å². The van der Waals surface area contributed by atoms with Crippen molar-refractivity contribution in [3.8, 4) is 0 Å². The molecule has 1 N–H and O–H groups in total. The number of hydrogen-bond acceptors (Lipinski definition) is 2. The second-order valence-corrected chi connectivity index (χ2v) is 6.48. The van der Waals surface area contributed by atoms with E-state index < -0.39 is 0 Å².